The predicted molar refractivity (Wildman–Crippen MR) is 140 cm³/mol. The number of nitrogens with zero attached hydrogens (tertiary/aromatic N) is 3. The molecule has 0 N–H and O–H groups in total. The Morgan fingerprint density at radius 1 is 0.921 bits per heavy atom. The quantitative estimate of drug-likeness (QED) is 0.339. The van der Waals surface area contributed by atoms with Gasteiger partial charge in [-0.3, -0.25) is 9.59 Å². The fourth-order valence-electron chi connectivity index (χ4n) is 4.76. The molecule has 0 aliphatic carbocycles. The van der Waals surface area contributed by atoms with Crippen LogP contribution in [-0.2, 0) is 19.6 Å². The Morgan fingerprint density at radius 2 is 1.66 bits per heavy atom. The Bertz CT molecular complexity index is 1550. The summed E-state index contributed by atoms with van der Waals surface area (Å²) in [5.74, 6) is -1.81. The largest absolute Gasteiger partial charge is 0.481 e. The smallest absolute Gasteiger partial charge is 0.316 e. The molecule has 6 nitrogen and oxygen atoms in total. The van der Waals surface area contributed by atoms with E-state index >= 15 is 0 Å². The minimum Gasteiger partial charge on any atom is -0.481 e. The van der Waals surface area contributed by atoms with Crippen LogP contribution in [0, 0.1) is 11.6 Å². The van der Waals surface area contributed by atoms with Crippen LogP contribution in [0.5, 0.6) is 5.75 Å². The van der Waals surface area contributed by atoms with E-state index in [0.29, 0.717) is 30.0 Å². The van der Waals surface area contributed by atoms with Gasteiger partial charge in [0.25, 0.3) is 5.91 Å². The van der Waals surface area contributed by atoms with Crippen LogP contribution in [0.15, 0.2) is 77.6 Å². The van der Waals surface area contributed by atoms with Crippen molar-refractivity contribution in [2.45, 2.75) is 39.5 Å². The second-order valence-electron chi connectivity index (χ2n) is 9.49. The molecular weight excluding hydrogens is 488 g/mol. The molecule has 0 fully saturated rings. The first-order valence-corrected chi connectivity index (χ1v) is 12.5. The number of carbonyl (C=O) groups is 1. The lowest BCUT2D eigenvalue weighted by Crippen LogP contribution is -2.46. The predicted octanol–water partition coefficient (Wildman–Crippen LogP) is 5.22. The zero-order valence-electron chi connectivity index (χ0n) is 21.2. The molecule has 1 amide bonds. The van der Waals surface area contributed by atoms with E-state index in [0.717, 1.165) is 23.3 Å². The van der Waals surface area contributed by atoms with Crippen molar-refractivity contribution < 1.29 is 18.3 Å². The van der Waals surface area contributed by atoms with Gasteiger partial charge in [0, 0.05) is 25.6 Å². The average Bonchev–Trinajstić information content (AvgIpc) is 2.91. The lowest BCUT2D eigenvalue weighted by molar-refractivity contribution is 0.0634. The number of carbonyl (C=O) groups excluding carboxylic acids is 1. The van der Waals surface area contributed by atoms with Gasteiger partial charge < -0.3 is 14.2 Å². The molecule has 1 aromatic heterocycles. The van der Waals surface area contributed by atoms with Crippen molar-refractivity contribution in [3.05, 3.63) is 117 Å². The van der Waals surface area contributed by atoms with Crippen LogP contribution in [0.1, 0.15) is 41.3 Å². The maximum absolute atomic E-state index is 14.0. The van der Waals surface area contributed by atoms with Gasteiger partial charge in [0.1, 0.15) is 12.4 Å². The summed E-state index contributed by atoms with van der Waals surface area (Å²) in [5.41, 5.74) is 2.37. The van der Waals surface area contributed by atoms with E-state index in [-0.39, 0.29) is 36.4 Å². The van der Waals surface area contributed by atoms with E-state index in [4.69, 9.17) is 4.74 Å². The molecular formula is C30H27F2N3O3. The Morgan fingerprint density at radius 3 is 2.39 bits per heavy atom. The zero-order valence-corrected chi connectivity index (χ0v) is 21.2. The standard InChI is InChI=1S/C30H27F2N3O3/c1-19(2)34-14-15-35-26(17-21-10-6-7-11-23(21)22-12-13-24(31)25(32)16-22)33-29(36)28(27(35)30(34)37)38-18-20-8-4-3-5-9-20/h3-13,16,19H,14-15,17-18H2,1-2H3. The van der Waals surface area contributed by atoms with Crippen molar-refractivity contribution in [1.82, 2.24) is 14.5 Å². The normalized spacial score (nSPS) is 13.1. The Hall–Kier alpha value is -4.33. The number of ether oxygens (including phenoxy) is 1. The molecule has 1 aliphatic rings. The van der Waals surface area contributed by atoms with Crippen LogP contribution in [0.4, 0.5) is 8.78 Å². The van der Waals surface area contributed by atoms with Crippen LogP contribution in [-0.4, -0.2) is 32.9 Å². The average molecular weight is 516 g/mol. The lowest BCUT2D eigenvalue weighted by Gasteiger charge is -2.34. The number of amides is 1. The van der Waals surface area contributed by atoms with E-state index in [2.05, 4.69) is 4.98 Å². The molecule has 0 bridgehead atoms. The van der Waals surface area contributed by atoms with E-state index < -0.39 is 17.2 Å². The molecule has 38 heavy (non-hydrogen) atoms. The number of fused-ring (bicyclic) bond motifs is 1. The monoisotopic (exact) mass is 515 g/mol. The van der Waals surface area contributed by atoms with Crippen LogP contribution in [0.2, 0.25) is 0 Å². The summed E-state index contributed by atoms with van der Waals surface area (Å²) in [6.07, 6.45) is 0.214. The molecule has 0 spiro atoms. The summed E-state index contributed by atoms with van der Waals surface area (Å²) < 4.78 is 35.2. The SMILES string of the molecule is CC(C)N1CCn2c(Cc3ccccc3-c3ccc(F)c(F)c3)nc(=O)c(OCc3ccccc3)c2C1=O. The second-order valence-corrected chi connectivity index (χ2v) is 9.49. The van der Waals surface area contributed by atoms with Gasteiger partial charge in [-0.25, -0.2) is 8.78 Å². The van der Waals surface area contributed by atoms with Gasteiger partial charge in [0.05, 0.1) is 0 Å². The number of hydrogen-bond acceptors (Lipinski definition) is 4. The first-order chi connectivity index (χ1) is 18.3. The van der Waals surface area contributed by atoms with E-state index in [1.165, 1.54) is 6.07 Å². The van der Waals surface area contributed by atoms with Crippen molar-refractivity contribution in [2.24, 2.45) is 0 Å². The topological polar surface area (TPSA) is 64.4 Å². The van der Waals surface area contributed by atoms with E-state index in [9.17, 15) is 18.4 Å². The third-order valence-corrected chi connectivity index (χ3v) is 6.70. The molecule has 0 atom stereocenters. The van der Waals surface area contributed by atoms with Crippen molar-refractivity contribution in [1.29, 1.82) is 0 Å². The highest BCUT2D eigenvalue weighted by Gasteiger charge is 2.33. The highest BCUT2D eigenvalue weighted by Crippen LogP contribution is 2.29. The molecule has 3 aromatic carbocycles. The molecule has 5 rings (SSSR count). The third kappa shape index (κ3) is 4.94. The molecule has 8 heteroatoms. The molecule has 194 valence electrons. The summed E-state index contributed by atoms with van der Waals surface area (Å²) in [6, 6.07) is 20.4. The Balaban J connectivity index is 1.58. The third-order valence-electron chi connectivity index (χ3n) is 6.70. The number of hydrogen-bond donors (Lipinski definition) is 0. The van der Waals surface area contributed by atoms with Crippen LogP contribution in [0.3, 0.4) is 0 Å². The fraction of sp³-hybridized carbons (Fsp3) is 0.233. The molecule has 2 heterocycles. The van der Waals surface area contributed by atoms with Gasteiger partial charge in [-0.1, -0.05) is 60.7 Å². The van der Waals surface area contributed by atoms with Crippen LogP contribution >= 0.6 is 0 Å². The highest BCUT2D eigenvalue weighted by atomic mass is 19.2. The maximum atomic E-state index is 14.0. The minimum atomic E-state index is -0.941. The summed E-state index contributed by atoms with van der Waals surface area (Å²) in [4.78, 5) is 32.9. The molecule has 0 radical (unpaired) electrons. The second kappa shape index (κ2) is 10.6. The van der Waals surface area contributed by atoms with Gasteiger partial charge in [-0.15, -0.1) is 0 Å². The lowest BCUT2D eigenvalue weighted by atomic mass is 9.97. The van der Waals surface area contributed by atoms with Gasteiger partial charge in [0.2, 0.25) is 5.75 Å². The number of halogens is 2. The van der Waals surface area contributed by atoms with Crippen molar-refractivity contribution in [3.63, 3.8) is 0 Å². The Kier molecular flexibility index (Phi) is 7.05. The fourth-order valence-corrected chi connectivity index (χ4v) is 4.76. The van der Waals surface area contributed by atoms with Gasteiger partial charge in [-0.05, 0) is 48.2 Å². The highest BCUT2D eigenvalue weighted by molar-refractivity contribution is 5.96. The van der Waals surface area contributed by atoms with Crippen molar-refractivity contribution in [3.8, 4) is 16.9 Å². The summed E-state index contributed by atoms with van der Waals surface area (Å²) in [5, 5.41) is 0. The Labute approximate surface area is 219 Å². The van der Waals surface area contributed by atoms with Crippen LogP contribution in [0.25, 0.3) is 11.1 Å². The molecule has 4 aromatic rings. The number of benzene rings is 3. The minimum absolute atomic E-state index is 0.0564. The number of rotatable bonds is 7. The zero-order chi connectivity index (χ0) is 26.8. The maximum Gasteiger partial charge on any atom is 0.316 e. The summed E-state index contributed by atoms with van der Waals surface area (Å²) >= 11 is 0. The van der Waals surface area contributed by atoms with E-state index in [1.807, 2.05) is 56.3 Å². The summed E-state index contributed by atoms with van der Waals surface area (Å²) in [6.45, 7) is 4.88. The van der Waals surface area contributed by atoms with Gasteiger partial charge in [0.15, 0.2) is 17.3 Å². The molecule has 0 saturated heterocycles. The molecule has 0 unspecified atom stereocenters. The van der Waals surface area contributed by atoms with Gasteiger partial charge in [-0.2, -0.15) is 4.98 Å². The van der Waals surface area contributed by atoms with Crippen molar-refractivity contribution in [2.75, 3.05) is 6.54 Å². The molecule has 1 aliphatic heterocycles. The summed E-state index contributed by atoms with van der Waals surface area (Å²) in [7, 11) is 0. The van der Waals surface area contributed by atoms with Crippen molar-refractivity contribution >= 4 is 5.91 Å². The van der Waals surface area contributed by atoms with Crippen LogP contribution < -0.4 is 10.3 Å². The van der Waals surface area contributed by atoms with E-state index in [1.54, 1.807) is 21.6 Å². The van der Waals surface area contributed by atoms with Gasteiger partial charge >= 0.3 is 5.56 Å². The number of aromatic nitrogens is 2. The first kappa shape index (κ1) is 25.3. The molecule has 0 saturated carbocycles. The first-order valence-electron chi connectivity index (χ1n) is 12.5.